The summed E-state index contributed by atoms with van der Waals surface area (Å²) in [6, 6.07) is 7.49. The van der Waals surface area contributed by atoms with E-state index < -0.39 is 0 Å². The largest absolute Gasteiger partial charge is 0.342 e. The van der Waals surface area contributed by atoms with Crippen LogP contribution in [0.3, 0.4) is 0 Å². The number of benzene rings is 1. The van der Waals surface area contributed by atoms with Gasteiger partial charge in [0.15, 0.2) is 5.17 Å². The maximum absolute atomic E-state index is 5.27. The third-order valence-electron chi connectivity index (χ3n) is 6.24. The number of thioether (sulfide) groups is 1. The summed E-state index contributed by atoms with van der Waals surface area (Å²) in [6.07, 6.45) is 11.1. The molecule has 0 unspecified atom stereocenters. The number of nitrogens with zero attached hydrogens (tertiary/aromatic N) is 2. The highest BCUT2D eigenvalue weighted by atomic mass is 127. The van der Waals surface area contributed by atoms with Gasteiger partial charge in [0.05, 0.1) is 11.2 Å². The summed E-state index contributed by atoms with van der Waals surface area (Å²) in [5, 5.41) is 1.32. The second-order valence-corrected chi connectivity index (χ2v) is 10.5. The van der Waals surface area contributed by atoms with E-state index in [1.807, 2.05) is 11.8 Å². The summed E-state index contributed by atoms with van der Waals surface area (Å²) in [4.78, 5) is 8.07. The lowest BCUT2D eigenvalue weighted by Gasteiger charge is -2.40. The molecule has 0 radical (unpaired) electrons. The molecule has 1 aromatic carbocycles. The topological polar surface area (TPSA) is 15.6 Å². The van der Waals surface area contributed by atoms with Crippen LogP contribution in [0, 0.1) is 3.57 Å². The zero-order valence-electron chi connectivity index (χ0n) is 15.4. The van der Waals surface area contributed by atoms with E-state index in [0.29, 0.717) is 11.5 Å². The molecule has 0 aromatic heterocycles. The Morgan fingerprint density at radius 2 is 1.88 bits per heavy atom. The second-order valence-electron chi connectivity index (χ2n) is 8.28. The van der Waals surface area contributed by atoms with E-state index in [4.69, 9.17) is 4.99 Å². The van der Waals surface area contributed by atoms with Crippen LogP contribution in [-0.2, 0) is 0 Å². The lowest BCUT2D eigenvalue weighted by Crippen LogP contribution is -2.50. The number of hydrogen-bond acceptors (Lipinski definition) is 2. The molecule has 2 saturated carbocycles. The molecule has 0 amide bonds. The van der Waals surface area contributed by atoms with Gasteiger partial charge in [0, 0.05) is 15.4 Å². The van der Waals surface area contributed by atoms with Crippen LogP contribution in [0.2, 0.25) is 0 Å². The van der Waals surface area contributed by atoms with Gasteiger partial charge in [-0.3, -0.25) is 0 Å². The number of hydrogen-bond donors (Lipinski definition) is 0. The zero-order chi connectivity index (χ0) is 17.4. The Morgan fingerprint density at radius 1 is 1.16 bits per heavy atom. The first-order valence-electron chi connectivity index (χ1n) is 9.89. The first-order chi connectivity index (χ1) is 12.1. The third kappa shape index (κ3) is 3.50. The van der Waals surface area contributed by atoms with Crippen molar-refractivity contribution in [3.63, 3.8) is 0 Å². The minimum atomic E-state index is 0.416. The first kappa shape index (κ1) is 18.1. The van der Waals surface area contributed by atoms with Crippen LogP contribution < -0.4 is 0 Å². The number of rotatable bonds is 3. The minimum Gasteiger partial charge on any atom is -0.342 e. The molecule has 3 aliphatic rings. The molecule has 1 aliphatic heterocycles. The summed E-state index contributed by atoms with van der Waals surface area (Å²) in [7, 11) is 0. The molecular weight excluding hydrogens is 439 g/mol. The minimum absolute atomic E-state index is 0.416. The quantitative estimate of drug-likeness (QED) is 0.459. The number of aliphatic imine (C=N–C) groups is 1. The number of halogens is 1. The molecule has 1 saturated heterocycles. The van der Waals surface area contributed by atoms with Crippen LogP contribution in [0.5, 0.6) is 0 Å². The van der Waals surface area contributed by atoms with Crippen molar-refractivity contribution in [3.8, 4) is 0 Å². The second kappa shape index (κ2) is 7.41. The van der Waals surface area contributed by atoms with E-state index >= 15 is 0 Å². The van der Waals surface area contributed by atoms with Crippen molar-refractivity contribution in [3.05, 3.63) is 27.3 Å². The molecule has 2 aliphatic carbocycles. The predicted molar refractivity (Wildman–Crippen MR) is 118 cm³/mol. The van der Waals surface area contributed by atoms with Crippen LogP contribution in [0.4, 0.5) is 5.69 Å². The van der Waals surface area contributed by atoms with E-state index in [0.717, 1.165) is 6.04 Å². The molecule has 0 bridgehead atoms. The monoisotopic (exact) mass is 468 g/mol. The van der Waals surface area contributed by atoms with Gasteiger partial charge in [0.2, 0.25) is 0 Å². The van der Waals surface area contributed by atoms with Crippen LogP contribution in [-0.4, -0.2) is 27.4 Å². The Kier molecular flexibility index (Phi) is 5.38. The van der Waals surface area contributed by atoms with Crippen LogP contribution in [0.25, 0.3) is 0 Å². The Hall–Kier alpha value is -0.230. The third-order valence-corrected chi connectivity index (χ3v) is 8.14. The van der Waals surface area contributed by atoms with Crippen molar-refractivity contribution in [2.45, 2.75) is 82.7 Å². The van der Waals surface area contributed by atoms with E-state index in [9.17, 15) is 0 Å². The van der Waals surface area contributed by atoms with E-state index in [1.54, 1.807) is 0 Å². The van der Waals surface area contributed by atoms with Gasteiger partial charge in [-0.15, -0.1) is 0 Å². The van der Waals surface area contributed by atoms with Gasteiger partial charge in [-0.2, -0.15) is 0 Å². The number of amidine groups is 1. The van der Waals surface area contributed by atoms with Crippen LogP contribution in [0.1, 0.15) is 76.7 Å². The molecule has 136 valence electrons. The maximum atomic E-state index is 5.27. The molecule has 1 aromatic rings. The average molecular weight is 468 g/mol. The summed E-state index contributed by atoms with van der Waals surface area (Å²) < 4.78 is 1.31. The van der Waals surface area contributed by atoms with E-state index in [2.05, 4.69) is 59.5 Å². The Morgan fingerprint density at radius 3 is 2.56 bits per heavy atom. The fourth-order valence-corrected chi connectivity index (χ4v) is 6.93. The molecule has 0 atom stereocenters. The predicted octanol–water partition coefficient (Wildman–Crippen LogP) is 6.71. The van der Waals surface area contributed by atoms with Gasteiger partial charge >= 0.3 is 0 Å². The highest BCUT2D eigenvalue weighted by molar-refractivity contribution is 14.1. The van der Waals surface area contributed by atoms with E-state index in [-0.39, 0.29) is 0 Å². The molecule has 1 heterocycles. The molecule has 4 rings (SSSR count). The maximum Gasteiger partial charge on any atom is 0.165 e. The fraction of sp³-hybridized carbons (Fsp3) is 0.667. The van der Waals surface area contributed by atoms with Crippen molar-refractivity contribution in [2.75, 3.05) is 5.75 Å². The van der Waals surface area contributed by atoms with Gasteiger partial charge in [0.1, 0.15) is 0 Å². The first-order valence-corrected chi connectivity index (χ1v) is 12.0. The van der Waals surface area contributed by atoms with Crippen molar-refractivity contribution in [1.82, 2.24) is 4.90 Å². The lowest BCUT2D eigenvalue weighted by molar-refractivity contribution is 0.163. The molecule has 1 spiro atoms. The van der Waals surface area contributed by atoms with Crippen molar-refractivity contribution in [1.29, 1.82) is 0 Å². The highest BCUT2D eigenvalue weighted by Crippen LogP contribution is 2.48. The molecule has 2 nitrogen and oxygen atoms in total. The Labute approximate surface area is 170 Å². The standard InChI is InChI=1S/C21H29IN2S/c1-15(2)18-13-16(22)9-10-19(18)23-20-24(17-7-3-4-8-17)21(14-25-20)11-5-6-12-21/h9-10,13,15,17H,3-8,11-12,14H2,1-2H3/b23-20+. The summed E-state index contributed by atoms with van der Waals surface area (Å²) in [5.74, 6) is 1.77. The van der Waals surface area contributed by atoms with Crippen LogP contribution in [0.15, 0.2) is 23.2 Å². The van der Waals surface area contributed by atoms with Crippen molar-refractivity contribution < 1.29 is 0 Å². The molecule has 0 N–H and O–H groups in total. The van der Waals surface area contributed by atoms with Gasteiger partial charge in [0.25, 0.3) is 0 Å². The normalized spacial score (nSPS) is 25.1. The van der Waals surface area contributed by atoms with Gasteiger partial charge in [-0.05, 0) is 78.0 Å². The molecule has 3 fully saturated rings. The molecule has 25 heavy (non-hydrogen) atoms. The van der Waals surface area contributed by atoms with Crippen LogP contribution >= 0.6 is 34.4 Å². The van der Waals surface area contributed by atoms with Crippen molar-refractivity contribution >= 4 is 45.2 Å². The SMILES string of the molecule is CC(C)c1cc(I)ccc1/N=C1/SCC2(CCCC2)N1C1CCCC1. The fourth-order valence-electron chi connectivity index (χ4n) is 4.94. The molecular formula is C21H29IN2S. The summed E-state index contributed by atoms with van der Waals surface area (Å²) >= 11 is 4.44. The van der Waals surface area contributed by atoms with Gasteiger partial charge in [-0.25, -0.2) is 4.99 Å². The lowest BCUT2D eigenvalue weighted by atomic mass is 9.95. The van der Waals surface area contributed by atoms with E-state index in [1.165, 1.54) is 77.1 Å². The Bertz CT molecular complexity index is 658. The summed E-state index contributed by atoms with van der Waals surface area (Å²) in [5.41, 5.74) is 2.99. The average Bonchev–Trinajstić information content (AvgIpc) is 3.32. The summed E-state index contributed by atoms with van der Waals surface area (Å²) in [6.45, 7) is 4.56. The van der Waals surface area contributed by atoms with Gasteiger partial charge < -0.3 is 4.90 Å². The Balaban J connectivity index is 1.72. The van der Waals surface area contributed by atoms with Crippen molar-refractivity contribution in [2.24, 2.45) is 4.99 Å². The smallest absolute Gasteiger partial charge is 0.165 e. The molecule has 4 heteroatoms. The zero-order valence-corrected chi connectivity index (χ0v) is 18.4. The highest BCUT2D eigenvalue weighted by Gasteiger charge is 2.49. The van der Waals surface area contributed by atoms with Gasteiger partial charge in [-0.1, -0.05) is 51.3 Å².